The molecule has 3 aromatic carbocycles. The molecule has 0 aliphatic rings. The Morgan fingerprint density at radius 1 is 1.03 bits per heavy atom. The standard InChI is InChI=1S/C23H15Cl3N6O3S/c24-16-3-1-14(2-4-16)22-29-30-23(31(22)18-7-5-17(25)6-8-18)36-13-21(33)28-27-12-15-11-19(32(34)35)9-10-20(15)26/h1-12H,13H2,(H,28,33)/b27-12-. The van der Waals surface area contributed by atoms with Crippen LogP contribution < -0.4 is 5.43 Å². The summed E-state index contributed by atoms with van der Waals surface area (Å²) >= 11 is 19.3. The lowest BCUT2D eigenvalue weighted by atomic mass is 10.2. The van der Waals surface area contributed by atoms with Gasteiger partial charge in [-0.05, 0) is 54.6 Å². The maximum atomic E-state index is 12.4. The number of amides is 1. The van der Waals surface area contributed by atoms with Crippen LogP contribution in [-0.4, -0.2) is 37.6 Å². The van der Waals surface area contributed by atoms with E-state index in [0.29, 0.717) is 26.6 Å². The number of hydrogen-bond acceptors (Lipinski definition) is 7. The smallest absolute Gasteiger partial charge is 0.270 e. The molecular formula is C23H15Cl3N6O3S. The van der Waals surface area contributed by atoms with Crippen LogP contribution in [0, 0.1) is 10.1 Å². The second-order valence-corrected chi connectivity index (χ2v) is 9.39. The molecule has 4 rings (SSSR count). The summed E-state index contributed by atoms with van der Waals surface area (Å²) in [6, 6.07) is 18.2. The topological polar surface area (TPSA) is 115 Å². The summed E-state index contributed by atoms with van der Waals surface area (Å²) in [5.74, 6) is 0.124. The number of nitro benzene ring substituents is 1. The number of carbonyl (C=O) groups is 1. The van der Waals surface area contributed by atoms with Crippen molar-refractivity contribution < 1.29 is 9.72 Å². The van der Waals surface area contributed by atoms with E-state index in [1.54, 1.807) is 24.3 Å². The molecule has 1 amide bonds. The quantitative estimate of drug-likeness (QED) is 0.121. The van der Waals surface area contributed by atoms with Crippen LogP contribution in [0.4, 0.5) is 5.69 Å². The molecule has 1 heterocycles. The second kappa shape index (κ2) is 11.5. The van der Waals surface area contributed by atoms with Gasteiger partial charge in [0, 0.05) is 44.0 Å². The van der Waals surface area contributed by atoms with Gasteiger partial charge in [0.05, 0.1) is 16.9 Å². The van der Waals surface area contributed by atoms with Crippen molar-refractivity contribution in [3.8, 4) is 17.1 Å². The Bertz CT molecular complexity index is 1440. The summed E-state index contributed by atoms with van der Waals surface area (Å²) in [6.45, 7) is 0. The number of aromatic nitrogens is 3. The van der Waals surface area contributed by atoms with E-state index in [4.69, 9.17) is 34.8 Å². The first-order valence-electron chi connectivity index (χ1n) is 10.2. The summed E-state index contributed by atoms with van der Waals surface area (Å²) < 4.78 is 1.81. The van der Waals surface area contributed by atoms with Crippen LogP contribution in [0.5, 0.6) is 0 Å². The largest absolute Gasteiger partial charge is 0.272 e. The summed E-state index contributed by atoms with van der Waals surface area (Å²) in [4.78, 5) is 22.8. The first-order chi connectivity index (χ1) is 17.3. The summed E-state index contributed by atoms with van der Waals surface area (Å²) in [5.41, 5.74) is 4.09. The lowest BCUT2D eigenvalue weighted by Gasteiger charge is -2.10. The molecule has 1 aromatic heterocycles. The molecule has 13 heteroatoms. The number of benzene rings is 3. The Hall–Kier alpha value is -3.44. The fourth-order valence-corrected chi connectivity index (χ4v) is 4.21. The van der Waals surface area contributed by atoms with Crippen molar-refractivity contribution >= 4 is 64.4 Å². The van der Waals surface area contributed by atoms with E-state index in [2.05, 4.69) is 20.7 Å². The third-order valence-electron chi connectivity index (χ3n) is 4.74. The number of nitrogens with zero attached hydrogens (tertiary/aromatic N) is 5. The van der Waals surface area contributed by atoms with Gasteiger partial charge in [-0.15, -0.1) is 10.2 Å². The van der Waals surface area contributed by atoms with Gasteiger partial charge in [-0.3, -0.25) is 19.5 Å². The first-order valence-corrected chi connectivity index (χ1v) is 12.3. The van der Waals surface area contributed by atoms with E-state index in [1.165, 1.54) is 24.4 Å². The Morgan fingerprint density at radius 2 is 1.69 bits per heavy atom. The van der Waals surface area contributed by atoms with Crippen LogP contribution in [0.15, 0.2) is 77.0 Å². The lowest BCUT2D eigenvalue weighted by Crippen LogP contribution is -2.20. The molecule has 0 radical (unpaired) electrons. The molecule has 4 aromatic rings. The van der Waals surface area contributed by atoms with E-state index in [-0.39, 0.29) is 16.5 Å². The van der Waals surface area contributed by atoms with Crippen molar-refractivity contribution in [2.45, 2.75) is 5.16 Å². The second-order valence-electron chi connectivity index (χ2n) is 7.17. The molecule has 182 valence electrons. The highest BCUT2D eigenvalue weighted by Crippen LogP contribution is 2.29. The van der Waals surface area contributed by atoms with Crippen molar-refractivity contribution in [2.24, 2.45) is 5.10 Å². The van der Waals surface area contributed by atoms with Crippen LogP contribution in [-0.2, 0) is 4.79 Å². The molecule has 9 nitrogen and oxygen atoms in total. The third-order valence-corrected chi connectivity index (χ3v) is 6.51. The van der Waals surface area contributed by atoms with Crippen molar-refractivity contribution in [3.63, 3.8) is 0 Å². The SMILES string of the molecule is O=C(CSc1nnc(-c2ccc(Cl)cc2)n1-c1ccc(Cl)cc1)N/N=C\c1cc([N+](=O)[O-])ccc1Cl. The molecule has 0 atom stereocenters. The molecule has 0 aliphatic heterocycles. The van der Waals surface area contributed by atoms with E-state index in [1.807, 2.05) is 28.8 Å². The van der Waals surface area contributed by atoms with Gasteiger partial charge in [-0.1, -0.05) is 46.6 Å². The normalized spacial score (nSPS) is 11.1. The maximum Gasteiger partial charge on any atom is 0.270 e. The number of nitrogens with one attached hydrogen (secondary N) is 1. The Kier molecular flexibility index (Phi) is 8.21. The maximum absolute atomic E-state index is 12.4. The Morgan fingerprint density at radius 3 is 2.36 bits per heavy atom. The molecule has 36 heavy (non-hydrogen) atoms. The molecule has 0 aliphatic carbocycles. The van der Waals surface area contributed by atoms with Crippen molar-refractivity contribution in [1.29, 1.82) is 0 Å². The van der Waals surface area contributed by atoms with Gasteiger partial charge >= 0.3 is 0 Å². The van der Waals surface area contributed by atoms with Crippen molar-refractivity contribution in [2.75, 3.05) is 5.75 Å². The number of nitro groups is 1. The fourth-order valence-electron chi connectivity index (χ4n) is 3.05. The monoisotopic (exact) mass is 560 g/mol. The van der Waals surface area contributed by atoms with Crippen LogP contribution in [0.1, 0.15) is 5.56 Å². The predicted octanol–water partition coefficient (Wildman–Crippen LogP) is 6.05. The zero-order valence-electron chi connectivity index (χ0n) is 18.1. The summed E-state index contributed by atoms with van der Waals surface area (Å²) in [6.07, 6.45) is 1.24. The number of thioether (sulfide) groups is 1. The van der Waals surface area contributed by atoms with Crippen LogP contribution in [0.3, 0.4) is 0 Å². The average molecular weight is 562 g/mol. The summed E-state index contributed by atoms with van der Waals surface area (Å²) in [7, 11) is 0. The number of hydrogen-bond donors (Lipinski definition) is 1. The number of hydrazone groups is 1. The molecule has 1 N–H and O–H groups in total. The van der Waals surface area contributed by atoms with Crippen molar-refractivity contribution in [1.82, 2.24) is 20.2 Å². The average Bonchev–Trinajstić information content (AvgIpc) is 3.28. The van der Waals surface area contributed by atoms with E-state index in [9.17, 15) is 14.9 Å². The highest BCUT2D eigenvalue weighted by atomic mass is 35.5. The van der Waals surface area contributed by atoms with Gasteiger partial charge in [-0.25, -0.2) is 5.43 Å². The van der Waals surface area contributed by atoms with Gasteiger partial charge in [0.1, 0.15) is 0 Å². The van der Waals surface area contributed by atoms with Crippen molar-refractivity contribution in [3.05, 3.63) is 97.5 Å². The number of non-ortho nitro benzene ring substituents is 1. The van der Waals surface area contributed by atoms with Crippen LogP contribution in [0.25, 0.3) is 17.1 Å². The summed E-state index contributed by atoms with van der Waals surface area (Å²) in [5, 5.41) is 25.3. The van der Waals surface area contributed by atoms with Gasteiger partial charge < -0.3 is 0 Å². The van der Waals surface area contributed by atoms with Gasteiger partial charge in [0.25, 0.3) is 11.6 Å². The minimum atomic E-state index is -0.544. The van der Waals surface area contributed by atoms with Gasteiger partial charge in [-0.2, -0.15) is 5.10 Å². The number of carbonyl (C=O) groups excluding carboxylic acids is 1. The molecule has 0 bridgehead atoms. The Labute approximate surface area is 224 Å². The van der Waals surface area contributed by atoms with Gasteiger partial charge in [0.2, 0.25) is 0 Å². The minimum Gasteiger partial charge on any atom is -0.272 e. The fraction of sp³-hybridized carbons (Fsp3) is 0.0435. The number of rotatable bonds is 8. The van der Waals surface area contributed by atoms with Crippen LogP contribution in [0.2, 0.25) is 15.1 Å². The zero-order valence-corrected chi connectivity index (χ0v) is 21.2. The van der Waals surface area contributed by atoms with E-state index >= 15 is 0 Å². The lowest BCUT2D eigenvalue weighted by molar-refractivity contribution is -0.384. The molecular weight excluding hydrogens is 547 g/mol. The molecule has 0 saturated heterocycles. The minimum absolute atomic E-state index is 0.0215. The predicted molar refractivity (Wildman–Crippen MR) is 141 cm³/mol. The Balaban J connectivity index is 1.50. The number of halogens is 3. The van der Waals surface area contributed by atoms with Crippen LogP contribution >= 0.6 is 46.6 Å². The molecule has 0 saturated carbocycles. The first kappa shape index (κ1) is 25.6. The molecule has 0 unspecified atom stereocenters. The zero-order chi connectivity index (χ0) is 25.7. The third kappa shape index (κ3) is 6.21. The van der Waals surface area contributed by atoms with Gasteiger partial charge in [0.15, 0.2) is 11.0 Å². The van der Waals surface area contributed by atoms with E-state index in [0.717, 1.165) is 23.0 Å². The molecule has 0 fully saturated rings. The van der Waals surface area contributed by atoms with E-state index < -0.39 is 10.8 Å². The highest BCUT2D eigenvalue weighted by Gasteiger charge is 2.17. The highest BCUT2D eigenvalue weighted by molar-refractivity contribution is 7.99. The molecule has 0 spiro atoms.